The summed E-state index contributed by atoms with van der Waals surface area (Å²) in [5.41, 5.74) is 2.39. The molecule has 0 aromatic heterocycles. The second-order valence-corrected chi connectivity index (χ2v) is 5.18. The zero-order valence-electron chi connectivity index (χ0n) is 6.77. The lowest BCUT2D eigenvalue weighted by molar-refractivity contribution is 1.50. The van der Waals surface area contributed by atoms with Crippen LogP contribution in [-0.4, -0.2) is 17.5 Å². The van der Waals surface area contributed by atoms with Crippen molar-refractivity contribution in [1.82, 2.24) is 0 Å². The minimum Gasteiger partial charge on any atom is -0.231 e. The van der Waals surface area contributed by atoms with E-state index in [0.29, 0.717) is 0 Å². The molecule has 1 nitrogen and oxygen atoms in total. The van der Waals surface area contributed by atoms with E-state index in [1.54, 1.807) is 0 Å². The van der Waals surface area contributed by atoms with Crippen LogP contribution in [0, 0.1) is 0 Å². The Morgan fingerprint density at radius 2 is 1.70 bits per heavy atom. The van der Waals surface area contributed by atoms with Crippen molar-refractivity contribution in [2.45, 2.75) is 20.8 Å². The molecule has 0 bridgehead atoms. The molecule has 0 saturated carbocycles. The van der Waals surface area contributed by atoms with Gasteiger partial charge in [-0.1, -0.05) is 21.1 Å². The third-order valence-corrected chi connectivity index (χ3v) is 4.02. The summed E-state index contributed by atoms with van der Waals surface area (Å²) in [6.07, 6.45) is 0. The molecule has 0 amide bonds. The van der Waals surface area contributed by atoms with E-state index in [0.717, 1.165) is 5.71 Å². The van der Waals surface area contributed by atoms with Crippen molar-refractivity contribution >= 4 is 26.8 Å². The predicted octanol–water partition coefficient (Wildman–Crippen LogP) is 2.34. The first-order chi connectivity index (χ1) is 4.45. The quantitative estimate of drug-likeness (QED) is 0.476. The van der Waals surface area contributed by atoms with Gasteiger partial charge in [-0.05, 0) is 31.2 Å². The molecule has 56 valence electrons. The monoisotopic (exact) mass is 155 g/mol. The molecule has 0 aromatic carbocycles. The zero-order chi connectivity index (χ0) is 7.94. The van der Waals surface area contributed by atoms with Crippen molar-refractivity contribution in [2.24, 2.45) is 4.40 Å². The molecule has 0 radical (unpaired) electrons. The van der Waals surface area contributed by atoms with Crippen LogP contribution in [0.4, 0.5) is 0 Å². The summed E-state index contributed by atoms with van der Waals surface area (Å²) in [5.74, 6) is 7.96. The molecule has 1 aliphatic heterocycles. The molecule has 10 heavy (non-hydrogen) atoms. The molecule has 0 N–H and O–H groups in total. The molecule has 0 spiro atoms. The van der Waals surface area contributed by atoms with E-state index in [-0.39, 0.29) is 0 Å². The third-order valence-electron chi connectivity index (χ3n) is 1.95. The Kier molecular flexibility index (Phi) is 1.51. The highest BCUT2D eigenvalue weighted by atomic mass is 32.2. The maximum Gasteiger partial charge on any atom is 0.0484 e. The molecular formula is C8H13NS. The predicted molar refractivity (Wildman–Crippen MR) is 53.3 cm³/mol. The van der Waals surface area contributed by atoms with E-state index in [2.05, 4.69) is 30.0 Å². The Hall–Kier alpha value is -0.500. The van der Waals surface area contributed by atoms with Crippen molar-refractivity contribution in [3.05, 3.63) is 10.5 Å². The van der Waals surface area contributed by atoms with Gasteiger partial charge in [0.2, 0.25) is 0 Å². The lowest BCUT2D eigenvalue weighted by Crippen LogP contribution is -1.86. The number of rotatable bonds is 0. The van der Waals surface area contributed by atoms with Gasteiger partial charge in [0.05, 0.1) is 0 Å². The smallest absolute Gasteiger partial charge is 0.0484 e. The standard InChI is InChI=1S/C8H13NS/c1-6-7(2)9-10(4,5)8(6)3/h4-5H2,1-3H3. The van der Waals surface area contributed by atoms with Gasteiger partial charge in [0.15, 0.2) is 0 Å². The molecule has 2 heteroatoms. The molecule has 0 unspecified atom stereocenters. The highest BCUT2D eigenvalue weighted by molar-refractivity contribution is 8.30. The van der Waals surface area contributed by atoms with E-state index in [1.807, 2.05) is 6.92 Å². The van der Waals surface area contributed by atoms with Gasteiger partial charge in [0, 0.05) is 5.71 Å². The van der Waals surface area contributed by atoms with Gasteiger partial charge in [-0.2, -0.15) is 0 Å². The fourth-order valence-electron chi connectivity index (χ4n) is 0.939. The van der Waals surface area contributed by atoms with Crippen molar-refractivity contribution in [1.29, 1.82) is 0 Å². The Labute approximate surface area is 63.1 Å². The van der Waals surface area contributed by atoms with Crippen LogP contribution in [0.25, 0.3) is 0 Å². The molecule has 1 aliphatic rings. The van der Waals surface area contributed by atoms with Crippen molar-refractivity contribution in [3.63, 3.8) is 0 Å². The highest BCUT2D eigenvalue weighted by Gasteiger charge is 2.12. The molecule has 1 heterocycles. The van der Waals surface area contributed by atoms with Crippen LogP contribution in [0.5, 0.6) is 0 Å². The Morgan fingerprint density at radius 3 is 1.80 bits per heavy atom. The van der Waals surface area contributed by atoms with Gasteiger partial charge in [-0.15, -0.1) is 0 Å². The van der Waals surface area contributed by atoms with Crippen LogP contribution in [-0.2, 0) is 0 Å². The summed E-state index contributed by atoms with van der Waals surface area (Å²) in [7, 11) is -1.26. The number of allylic oxidation sites excluding steroid dienone is 2. The second kappa shape index (κ2) is 1.99. The Morgan fingerprint density at radius 1 is 1.20 bits per heavy atom. The van der Waals surface area contributed by atoms with E-state index in [4.69, 9.17) is 0 Å². The van der Waals surface area contributed by atoms with E-state index in [1.165, 1.54) is 10.5 Å². The molecule has 0 aliphatic carbocycles. The first-order valence-corrected chi connectivity index (χ1v) is 5.12. The summed E-state index contributed by atoms with van der Waals surface area (Å²) in [6.45, 7) is 6.17. The van der Waals surface area contributed by atoms with Gasteiger partial charge in [0.1, 0.15) is 0 Å². The average molecular weight is 155 g/mol. The molecule has 0 atom stereocenters. The maximum atomic E-state index is 4.39. The number of nitrogens with zero attached hydrogens (tertiary/aromatic N) is 1. The SMILES string of the molecule is C=S1(=C)N=C(C)C(C)=C1C. The summed E-state index contributed by atoms with van der Waals surface area (Å²) in [6, 6.07) is 0. The molecular weight excluding hydrogens is 142 g/mol. The van der Waals surface area contributed by atoms with Gasteiger partial charge in [-0.25, -0.2) is 4.40 Å². The summed E-state index contributed by atoms with van der Waals surface area (Å²) < 4.78 is 4.39. The van der Waals surface area contributed by atoms with Crippen LogP contribution in [0.1, 0.15) is 20.8 Å². The lowest BCUT2D eigenvalue weighted by Gasteiger charge is -2.02. The van der Waals surface area contributed by atoms with Crippen molar-refractivity contribution in [3.8, 4) is 0 Å². The molecule has 0 saturated heterocycles. The van der Waals surface area contributed by atoms with Crippen LogP contribution >= 0.6 is 9.39 Å². The van der Waals surface area contributed by atoms with E-state index in [9.17, 15) is 0 Å². The average Bonchev–Trinajstić information content (AvgIpc) is 1.95. The van der Waals surface area contributed by atoms with Gasteiger partial charge >= 0.3 is 0 Å². The van der Waals surface area contributed by atoms with Crippen LogP contribution in [0.15, 0.2) is 14.9 Å². The lowest BCUT2D eigenvalue weighted by atomic mass is 10.2. The minimum atomic E-state index is -1.26. The van der Waals surface area contributed by atoms with Crippen LogP contribution in [0.3, 0.4) is 0 Å². The second-order valence-electron chi connectivity index (χ2n) is 2.70. The molecule has 1 rings (SSSR count). The summed E-state index contributed by atoms with van der Waals surface area (Å²) >= 11 is 0. The van der Waals surface area contributed by atoms with Gasteiger partial charge in [-0.3, -0.25) is 0 Å². The minimum absolute atomic E-state index is 1.11. The van der Waals surface area contributed by atoms with Gasteiger partial charge < -0.3 is 0 Å². The topological polar surface area (TPSA) is 12.4 Å². The number of hydrogen-bond acceptors (Lipinski definition) is 1. The van der Waals surface area contributed by atoms with Crippen molar-refractivity contribution in [2.75, 3.05) is 0 Å². The highest BCUT2D eigenvalue weighted by Crippen LogP contribution is 2.40. The first-order valence-electron chi connectivity index (χ1n) is 3.19. The molecule has 0 aromatic rings. The molecule has 0 fully saturated rings. The van der Waals surface area contributed by atoms with E-state index < -0.39 is 9.39 Å². The van der Waals surface area contributed by atoms with Crippen molar-refractivity contribution < 1.29 is 0 Å². The van der Waals surface area contributed by atoms with Crippen LogP contribution in [0.2, 0.25) is 0 Å². The summed E-state index contributed by atoms with van der Waals surface area (Å²) in [4.78, 5) is 1.27. The fraction of sp³-hybridized carbons (Fsp3) is 0.375. The maximum absolute atomic E-state index is 4.39. The van der Waals surface area contributed by atoms with Gasteiger partial charge in [0.25, 0.3) is 0 Å². The number of hydrogen-bond donors (Lipinski definition) is 0. The fourth-order valence-corrected chi connectivity index (χ4v) is 2.45. The third kappa shape index (κ3) is 0.926. The Bertz CT molecular complexity index is 315. The summed E-state index contributed by atoms with van der Waals surface area (Å²) in [5, 5.41) is 0. The first kappa shape index (κ1) is 7.61. The largest absolute Gasteiger partial charge is 0.231 e. The zero-order valence-corrected chi connectivity index (χ0v) is 7.59. The normalized spacial score (nSPS) is 23.3. The van der Waals surface area contributed by atoms with E-state index >= 15 is 0 Å². The van der Waals surface area contributed by atoms with Crippen LogP contribution < -0.4 is 0 Å². The Balaban J connectivity index is 3.41.